The minimum absolute atomic E-state index is 0.0395. The van der Waals surface area contributed by atoms with Gasteiger partial charge in [0.05, 0.1) is 6.54 Å². The molecule has 4 rings (SSSR count). The van der Waals surface area contributed by atoms with Crippen molar-refractivity contribution >= 4 is 11.8 Å². The zero-order valence-corrected chi connectivity index (χ0v) is 18.7. The van der Waals surface area contributed by atoms with E-state index in [1.54, 1.807) is 11.1 Å². The second kappa shape index (κ2) is 9.81. The van der Waals surface area contributed by atoms with Gasteiger partial charge in [-0.05, 0) is 34.2 Å². The average molecular weight is 431 g/mol. The van der Waals surface area contributed by atoms with Crippen LogP contribution in [-0.4, -0.2) is 32.5 Å². The summed E-state index contributed by atoms with van der Waals surface area (Å²) in [4.78, 5) is 27.8. The van der Waals surface area contributed by atoms with Crippen LogP contribution in [0.5, 0.6) is 0 Å². The molecular weight excluding hydrogens is 400 g/mol. The summed E-state index contributed by atoms with van der Waals surface area (Å²) in [7, 11) is 0. The van der Waals surface area contributed by atoms with E-state index in [9.17, 15) is 9.59 Å². The average Bonchev–Trinajstić information content (AvgIpc) is 3.30. The standard InChI is InChI=1S/C26H30N4O2/c1-19(2)14-25(31)30-18-23-7-4-3-6-22(23)15-24(30)26(32)27-16-20-8-10-21(11-9-20)17-29-13-5-12-28-29/h3-13,19,24H,14-18H2,1-2H3,(H,27,32). The number of hydrogen-bond acceptors (Lipinski definition) is 3. The van der Waals surface area contributed by atoms with E-state index in [0.717, 1.165) is 22.3 Å². The van der Waals surface area contributed by atoms with E-state index in [-0.39, 0.29) is 17.7 Å². The van der Waals surface area contributed by atoms with Crippen molar-refractivity contribution < 1.29 is 9.59 Å². The lowest BCUT2D eigenvalue weighted by Crippen LogP contribution is -2.52. The van der Waals surface area contributed by atoms with Crippen LogP contribution >= 0.6 is 0 Å². The summed E-state index contributed by atoms with van der Waals surface area (Å²) in [5.74, 6) is 0.193. The predicted molar refractivity (Wildman–Crippen MR) is 124 cm³/mol. The second-order valence-corrected chi connectivity index (χ2v) is 8.85. The van der Waals surface area contributed by atoms with Gasteiger partial charge in [-0.25, -0.2) is 0 Å². The molecule has 1 aliphatic rings. The first-order valence-corrected chi connectivity index (χ1v) is 11.2. The molecule has 2 aromatic carbocycles. The van der Waals surface area contributed by atoms with Crippen molar-refractivity contribution in [2.75, 3.05) is 0 Å². The van der Waals surface area contributed by atoms with Crippen molar-refractivity contribution in [3.63, 3.8) is 0 Å². The van der Waals surface area contributed by atoms with Gasteiger partial charge in [0.15, 0.2) is 0 Å². The molecule has 1 aromatic heterocycles. The summed E-state index contributed by atoms with van der Waals surface area (Å²) in [6.07, 6.45) is 4.70. The highest BCUT2D eigenvalue weighted by Gasteiger charge is 2.34. The molecular formula is C26H30N4O2. The summed E-state index contributed by atoms with van der Waals surface area (Å²) in [5, 5.41) is 7.28. The Labute approximate surface area is 189 Å². The topological polar surface area (TPSA) is 67.2 Å². The molecule has 0 bridgehead atoms. The number of hydrogen-bond donors (Lipinski definition) is 1. The minimum Gasteiger partial charge on any atom is -0.350 e. The number of nitrogens with one attached hydrogen (secondary N) is 1. The molecule has 0 aliphatic carbocycles. The van der Waals surface area contributed by atoms with Crippen LogP contribution in [0.4, 0.5) is 0 Å². The van der Waals surface area contributed by atoms with Gasteiger partial charge in [-0.15, -0.1) is 0 Å². The minimum atomic E-state index is -0.477. The Morgan fingerprint density at radius 3 is 2.44 bits per heavy atom. The largest absolute Gasteiger partial charge is 0.350 e. The van der Waals surface area contributed by atoms with Gasteiger partial charge in [0.2, 0.25) is 11.8 Å². The summed E-state index contributed by atoms with van der Waals surface area (Å²) in [5.41, 5.74) is 4.45. The predicted octanol–water partition coefficient (Wildman–Crippen LogP) is 3.55. The summed E-state index contributed by atoms with van der Waals surface area (Å²) in [6, 6.07) is 17.7. The van der Waals surface area contributed by atoms with Crippen molar-refractivity contribution in [1.29, 1.82) is 0 Å². The van der Waals surface area contributed by atoms with Crippen LogP contribution in [-0.2, 0) is 35.6 Å². The first-order chi connectivity index (χ1) is 15.5. The maximum atomic E-state index is 13.1. The quantitative estimate of drug-likeness (QED) is 0.623. The number of amides is 2. The van der Waals surface area contributed by atoms with E-state index in [1.807, 2.05) is 61.1 Å². The van der Waals surface area contributed by atoms with Gasteiger partial charge in [0, 0.05) is 38.3 Å². The van der Waals surface area contributed by atoms with Crippen molar-refractivity contribution in [2.24, 2.45) is 5.92 Å². The van der Waals surface area contributed by atoms with E-state index >= 15 is 0 Å². The SMILES string of the molecule is CC(C)CC(=O)N1Cc2ccccc2CC1C(=O)NCc1ccc(Cn2cccn2)cc1. The lowest BCUT2D eigenvalue weighted by molar-refractivity contribution is -0.142. The van der Waals surface area contributed by atoms with E-state index in [0.29, 0.717) is 32.5 Å². The summed E-state index contributed by atoms with van der Waals surface area (Å²) >= 11 is 0. The molecule has 32 heavy (non-hydrogen) atoms. The fourth-order valence-corrected chi connectivity index (χ4v) is 4.14. The van der Waals surface area contributed by atoms with Gasteiger partial charge in [-0.3, -0.25) is 14.3 Å². The molecule has 0 radical (unpaired) electrons. The number of benzene rings is 2. The Kier molecular flexibility index (Phi) is 6.69. The van der Waals surface area contributed by atoms with Crippen molar-refractivity contribution in [3.8, 4) is 0 Å². The van der Waals surface area contributed by atoms with Crippen molar-refractivity contribution in [1.82, 2.24) is 20.0 Å². The zero-order valence-electron chi connectivity index (χ0n) is 18.7. The number of nitrogens with zero attached hydrogens (tertiary/aromatic N) is 3. The van der Waals surface area contributed by atoms with Gasteiger partial charge < -0.3 is 10.2 Å². The Morgan fingerprint density at radius 1 is 1.03 bits per heavy atom. The molecule has 1 atom stereocenters. The van der Waals surface area contributed by atoms with Gasteiger partial charge in [-0.1, -0.05) is 62.4 Å². The highest BCUT2D eigenvalue weighted by Crippen LogP contribution is 2.25. The van der Waals surface area contributed by atoms with Gasteiger partial charge >= 0.3 is 0 Å². The molecule has 166 valence electrons. The molecule has 0 fully saturated rings. The van der Waals surface area contributed by atoms with E-state index in [2.05, 4.69) is 28.6 Å². The molecule has 2 amide bonds. The molecule has 1 aliphatic heterocycles. The zero-order chi connectivity index (χ0) is 22.5. The highest BCUT2D eigenvalue weighted by molar-refractivity contribution is 5.88. The Morgan fingerprint density at radius 2 is 1.75 bits per heavy atom. The van der Waals surface area contributed by atoms with Crippen molar-refractivity contribution in [2.45, 2.75) is 52.4 Å². The number of carbonyl (C=O) groups excluding carboxylic acids is 2. The fourth-order valence-electron chi connectivity index (χ4n) is 4.14. The van der Waals surface area contributed by atoms with Crippen LogP contribution in [0.3, 0.4) is 0 Å². The molecule has 1 unspecified atom stereocenters. The van der Waals surface area contributed by atoms with Gasteiger partial charge in [0.1, 0.15) is 6.04 Å². The number of rotatable bonds is 7. The third kappa shape index (κ3) is 5.25. The fraction of sp³-hybridized carbons (Fsp3) is 0.346. The molecule has 0 spiro atoms. The molecule has 0 saturated carbocycles. The Hall–Kier alpha value is -3.41. The lowest BCUT2D eigenvalue weighted by atomic mass is 9.92. The van der Waals surface area contributed by atoms with Crippen molar-refractivity contribution in [3.05, 3.63) is 89.2 Å². The highest BCUT2D eigenvalue weighted by atomic mass is 16.2. The van der Waals surface area contributed by atoms with Gasteiger partial charge in [0.25, 0.3) is 0 Å². The second-order valence-electron chi connectivity index (χ2n) is 8.85. The molecule has 3 aromatic rings. The third-order valence-electron chi connectivity index (χ3n) is 5.85. The smallest absolute Gasteiger partial charge is 0.243 e. The van der Waals surface area contributed by atoms with E-state index < -0.39 is 6.04 Å². The first kappa shape index (κ1) is 21.8. The molecule has 1 N–H and O–H groups in total. The van der Waals surface area contributed by atoms with Crippen LogP contribution in [0.2, 0.25) is 0 Å². The summed E-state index contributed by atoms with van der Waals surface area (Å²) in [6.45, 7) is 5.70. The number of aromatic nitrogens is 2. The van der Waals surface area contributed by atoms with Crippen LogP contribution < -0.4 is 5.32 Å². The summed E-state index contributed by atoms with van der Waals surface area (Å²) < 4.78 is 1.88. The number of carbonyl (C=O) groups is 2. The Balaban J connectivity index is 1.41. The van der Waals surface area contributed by atoms with Crippen LogP contribution in [0.1, 0.15) is 42.5 Å². The van der Waals surface area contributed by atoms with Gasteiger partial charge in [-0.2, -0.15) is 5.10 Å². The Bertz CT molecular complexity index is 1060. The monoisotopic (exact) mass is 430 g/mol. The molecule has 6 nitrogen and oxygen atoms in total. The maximum Gasteiger partial charge on any atom is 0.243 e. The molecule has 2 heterocycles. The molecule has 6 heteroatoms. The van der Waals surface area contributed by atoms with Crippen LogP contribution in [0, 0.1) is 5.92 Å². The lowest BCUT2D eigenvalue weighted by Gasteiger charge is -2.36. The maximum absolute atomic E-state index is 13.1. The van der Waals surface area contributed by atoms with Crippen LogP contribution in [0.25, 0.3) is 0 Å². The number of fused-ring (bicyclic) bond motifs is 1. The van der Waals surface area contributed by atoms with E-state index in [4.69, 9.17) is 0 Å². The van der Waals surface area contributed by atoms with E-state index in [1.165, 1.54) is 0 Å². The first-order valence-electron chi connectivity index (χ1n) is 11.2. The van der Waals surface area contributed by atoms with Crippen LogP contribution in [0.15, 0.2) is 67.0 Å². The third-order valence-corrected chi connectivity index (χ3v) is 5.85. The normalized spacial score (nSPS) is 15.5. The molecule has 0 saturated heterocycles.